The van der Waals surface area contributed by atoms with E-state index >= 15 is 0 Å². The summed E-state index contributed by atoms with van der Waals surface area (Å²) in [6.07, 6.45) is 4.67. The van der Waals surface area contributed by atoms with Gasteiger partial charge in [-0.05, 0) is 31.1 Å². The van der Waals surface area contributed by atoms with Crippen LogP contribution in [-0.2, 0) is 0 Å². The summed E-state index contributed by atoms with van der Waals surface area (Å²) >= 11 is 6.03. The summed E-state index contributed by atoms with van der Waals surface area (Å²) in [4.78, 5) is 0. The molecule has 1 aliphatic rings. The Kier molecular flexibility index (Phi) is 2.40. The molecule has 3 unspecified atom stereocenters. The molecule has 0 spiro atoms. The second kappa shape index (κ2) is 2.92. The molecule has 1 radical (unpaired) electrons. The van der Waals surface area contributed by atoms with Gasteiger partial charge in [0.25, 0.3) is 0 Å². The smallest absolute Gasteiger partial charge is 0.0366 e. The van der Waals surface area contributed by atoms with Gasteiger partial charge in [-0.25, -0.2) is 0 Å². The fourth-order valence-electron chi connectivity index (χ4n) is 1.30. The second-order valence-corrected chi connectivity index (χ2v) is 3.67. The Morgan fingerprint density at radius 3 is 2.44 bits per heavy atom. The third kappa shape index (κ3) is 1.61. The van der Waals surface area contributed by atoms with Crippen molar-refractivity contribution in [3.8, 4) is 0 Å². The maximum absolute atomic E-state index is 6.03. The van der Waals surface area contributed by atoms with Gasteiger partial charge in [-0.1, -0.05) is 13.8 Å². The minimum absolute atomic E-state index is 0.397. The molecular weight excluding hydrogens is 132 g/mol. The lowest BCUT2D eigenvalue weighted by Crippen LogP contribution is -2.24. The Hall–Kier alpha value is 0.290. The molecule has 0 aliphatic heterocycles. The molecule has 1 saturated carbocycles. The van der Waals surface area contributed by atoms with Gasteiger partial charge >= 0.3 is 0 Å². The molecule has 1 aliphatic carbocycles. The van der Waals surface area contributed by atoms with Crippen molar-refractivity contribution in [2.24, 2.45) is 11.8 Å². The van der Waals surface area contributed by atoms with Crippen LogP contribution in [0.3, 0.4) is 0 Å². The standard InChI is InChI=1S/C8H14Cl/c1-6-4-3-5-8(9)7(6)2/h3,6-8H,4-5H2,1-2H3. The summed E-state index contributed by atoms with van der Waals surface area (Å²) in [5.74, 6) is 1.50. The van der Waals surface area contributed by atoms with E-state index in [2.05, 4.69) is 20.3 Å². The molecular formula is C8H14Cl. The van der Waals surface area contributed by atoms with E-state index in [4.69, 9.17) is 11.6 Å². The lowest BCUT2D eigenvalue weighted by Gasteiger charge is -2.29. The third-order valence-electron chi connectivity index (χ3n) is 2.40. The zero-order valence-electron chi connectivity index (χ0n) is 6.10. The predicted molar refractivity (Wildman–Crippen MR) is 41.5 cm³/mol. The highest BCUT2D eigenvalue weighted by Crippen LogP contribution is 2.31. The summed E-state index contributed by atoms with van der Waals surface area (Å²) < 4.78 is 0. The molecule has 0 aromatic heterocycles. The number of halogens is 1. The second-order valence-electron chi connectivity index (χ2n) is 3.11. The first-order valence-corrected chi connectivity index (χ1v) is 4.11. The van der Waals surface area contributed by atoms with Crippen LogP contribution >= 0.6 is 11.6 Å². The van der Waals surface area contributed by atoms with E-state index in [0.717, 1.165) is 12.3 Å². The number of alkyl halides is 1. The quantitative estimate of drug-likeness (QED) is 0.460. The Balaban J connectivity index is 2.41. The maximum Gasteiger partial charge on any atom is 0.0366 e. The van der Waals surface area contributed by atoms with Gasteiger partial charge in [-0.3, -0.25) is 0 Å². The van der Waals surface area contributed by atoms with E-state index in [9.17, 15) is 0 Å². The molecule has 3 atom stereocenters. The Morgan fingerprint density at radius 1 is 1.33 bits per heavy atom. The summed E-state index contributed by atoms with van der Waals surface area (Å²) in [5.41, 5.74) is 0. The zero-order chi connectivity index (χ0) is 6.85. The Morgan fingerprint density at radius 2 is 2.00 bits per heavy atom. The predicted octanol–water partition coefficient (Wildman–Crippen LogP) is 2.86. The highest BCUT2D eigenvalue weighted by molar-refractivity contribution is 6.20. The monoisotopic (exact) mass is 145 g/mol. The van der Waals surface area contributed by atoms with Crippen molar-refractivity contribution in [3.05, 3.63) is 6.42 Å². The van der Waals surface area contributed by atoms with Crippen LogP contribution in [0, 0.1) is 18.3 Å². The van der Waals surface area contributed by atoms with Crippen molar-refractivity contribution in [2.45, 2.75) is 32.1 Å². The molecule has 0 N–H and O–H groups in total. The zero-order valence-corrected chi connectivity index (χ0v) is 6.86. The summed E-state index contributed by atoms with van der Waals surface area (Å²) in [6.45, 7) is 4.52. The van der Waals surface area contributed by atoms with Gasteiger partial charge in [-0.2, -0.15) is 0 Å². The fourth-order valence-corrected chi connectivity index (χ4v) is 1.68. The lowest BCUT2D eigenvalue weighted by atomic mass is 9.81. The van der Waals surface area contributed by atoms with Crippen molar-refractivity contribution >= 4 is 11.6 Å². The first kappa shape index (κ1) is 7.40. The van der Waals surface area contributed by atoms with Gasteiger partial charge < -0.3 is 0 Å². The van der Waals surface area contributed by atoms with Crippen LogP contribution in [0.5, 0.6) is 0 Å². The molecule has 1 fully saturated rings. The van der Waals surface area contributed by atoms with Crippen molar-refractivity contribution in [2.75, 3.05) is 0 Å². The molecule has 53 valence electrons. The van der Waals surface area contributed by atoms with Gasteiger partial charge in [0.2, 0.25) is 0 Å². The fraction of sp³-hybridized carbons (Fsp3) is 0.875. The van der Waals surface area contributed by atoms with Crippen LogP contribution in [0.4, 0.5) is 0 Å². The van der Waals surface area contributed by atoms with Gasteiger partial charge in [-0.15, -0.1) is 11.6 Å². The van der Waals surface area contributed by atoms with Crippen LogP contribution in [0.15, 0.2) is 0 Å². The topological polar surface area (TPSA) is 0 Å². The van der Waals surface area contributed by atoms with E-state index in [1.54, 1.807) is 0 Å². The number of hydrogen-bond acceptors (Lipinski definition) is 0. The summed E-state index contributed by atoms with van der Waals surface area (Å²) in [5, 5.41) is 0.397. The SMILES string of the molecule is CC1C[CH]CC(Cl)C1C. The highest BCUT2D eigenvalue weighted by Gasteiger charge is 2.24. The van der Waals surface area contributed by atoms with E-state index < -0.39 is 0 Å². The van der Waals surface area contributed by atoms with Crippen molar-refractivity contribution in [1.29, 1.82) is 0 Å². The van der Waals surface area contributed by atoms with E-state index in [1.165, 1.54) is 6.42 Å². The molecule has 0 bridgehead atoms. The normalized spacial score (nSPS) is 45.0. The van der Waals surface area contributed by atoms with Gasteiger partial charge in [0.15, 0.2) is 0 Å². The largest absolute Gasteiger partial charge is 0.123 e. The van der Waals surface area contributed by atoms with Crippen molar-refractivity contribution in [3.63, 3.8) is 0 Å². The molecule has 1 heteroatoms. The lowest BCUT2D eigenvalue weighted by molar-refractivity contribution is 0.325. The molecule has 0 aromatic rings. The maximum atomic E-state index is 6.03. The summed E-state index contributed by atoms with van der Waals surface area (Å²) in [7, 11) is 0. The first-order chi connectivity index (χ1) is 4.22. The minimum Gasteiger partial charge on any atom is -0.123 e. The highest BCUT2D eigenvalue weighted by atomic mass is 35.5. The Bertz CT molecular complexity index is 80.6. The van der Waals surface area contributed by atoms with Crippen LogP contribution < -0.4 is 0 Å². The Labute approximate surface area is 62.6 Å². The average molecular weight is 146 g/mol. The van der Waals surface area contributed by atoms with Gasteiger partial charge in [0, 0.05) is 5.38 Å². The molecule has 0 heterocycles. The van der Waals surface area contributed by atoms with Crippen LogP contribution in [-0.4, -0.2) is 5.38 Å². The average Bonchev–Trinajstić information content (AvgIpc) is 1.83. The number of hydrogen-bond donors (Lipinski definition) is 0. The van der Waals surface area contributed by atoms with Crippen LogP contribution in [0.1, 0.15) is 26.7 Å². The third-order valence-corrected chi connectivity index (χ3v) is 2.97. The first-order valence-electron chi connectivity index (χ1n) is 3.67. The summed E-state index contributed by atoms with van der Waals surface area (Å²) in [6, 6.07) is 0. The van der Waals surface area contributed by atoms with Gasteiger partial charge in [0.1, 0.15) is 0 Å². The molecule has 0 nitrogen and oxygen atoms in total. The van der Waals surface area contributed by atoms with Gasteiger partial charge in [0.05, 0.1) is 0 Å². The molecule has 0 aromatic carbocycles. The molecule has 0 amide bonds. The minimum atomic E-state index is 0.397. The van der Waals surface area contributed by atoms with Crippen molar-refractivity contribution in [1.82, 2.24) is 0 Å². The number of rotatable bonds is 0. The molecule has 9 heavy (non-hydrogen) atoms. The van der Waals surface area contributed by atoms with Crippen LogP contribution in [0.2, 0.25) is 0 Å². The van der Waals surface area contributed by atoms with Crippen molar-refractivity contribution < 1.29 is 0 Å². The molecule has 0 saturated heterocycles. The van der Waals surface area contributed by atoms with E-state index in [1.807, 2.05) is 0 Å². The molecule has 1 rings (SSSR count). The van der Waals surface area contributed by atoms with E-state index in [0.29, 0.717) is 11.3 Å². The van der Waals surface area contributed by atoms with E-state index in [-0.39, 0.29) is 0 Å². The van der Waals surface area contributed by atoms with Crippen LogP contribution in [0.25, 0.3) is 0 Å².